The third-order valence-electron chi connectivity index (χ3n) is 4.05. The van der Waals surface area contributed by atoms with Crippen LogP contribution >= 0.6 is 0 Å². The van der Waals surface area contributed by atoms with Crippen LogP contribution in [0, 0.1) is 5.92 Å². The molecule has 1 fully saturated rings. The number of hydrogen-bond acceptors (Lipinski definition) is 4. The Morgan fingerprint density at radius 1 is 1.22 bits per heavy atom. The number of amides is 1. The smallest absolute Gasteiger partial charge is 0.344 e. The highest BCUT2D eigenvalue weighted by Gasteiger charge is 2.21. The molecule has 0 aliphatic carbocycles. The highest BCUT2D eigenvalue weighted by Crippen LogP contribution is 2.15. The third kappa shape index (κ3) is 5.58. The number of hydrogen-bond donors (Lipinski definition) is 0. The maximum absolute atomic E-state index is 12.0. The Hall–Kier alpha value is -2.04. The van der Waals surface area contributed by atoms with E-state index >= 15 is 0 Å². The van der Waals surface area contributed by atoms with Crippen molar-refractivity contribution in [2.24, 2.45) is 5.92 Å². The van der Waals surface area contributed by atoms with Gasteiger partial charge in [0.15, 0.2) is 13.2 Å². The summed E-state index contributed by atoms with van der Waals surface area (Å²) in [5.41, 5.74) is 1.21. The van der Waals surface area contributed by atoms with Crippen LogP contribution in [0.2, 0.25) is 0 Å². The number of esters is 1. The lowest BCUT2D eigenvalue weighted by atomic mass is 10.0. The van der Waals surface area contributed by atoms with Gasteiger partial charge in [-0.2, -0.15) is 0 Å². The van der Waals surface area contributed by atoms with Crippen molar-refractivity contribution in [3.8, 4) is 5.75 Å². The predicted molar refractivity (Wildman–Crippen MR) is 87.3 cm³/mol. The monoisotopic (exact) mass is 319 g/mol. The first-order valence-electron chi connectivity index (χ1n) is 8.23. The molecule has 1 heterocycles. The van der Waals surface area contributed by atoms with Gasteiger partial charge in [-0.3, -0.25) is 4.79 Å². The number of ether oxygens (including phenoxy) is 2. The Bertz CT molecular complexity index is 526. The van der Waals surface area contributed by atoms with E-state index in [9.17, 15) is 9.59 Å². The van der Waals surface area contributed by atoms with Gasteiger partial charge in [0.1, 0.15) is 5.75 Å². The molecule has 1 aliphatic rings. The average Bonchev–Trinajstić information content (AvgIpc) is 2.58. The molecule has 126 valence electrons. The van der Waals surface area contributed by atoms with Crippen LogP contribution in [0.25, 0.3) is 0 Å². The topological polar surface area (TPSA) is 55.8 Å². The Balaban J connectivity index is 1.68. The maximum Gasteiger partial charge on any atom is 0.344 e. The number of carbonyl (C=O) groups is 2. The molecule has 1 atom stereocenters. The lowest BCUT2D eigenvalue weighted by Crippen LogP contribution is -2.41. The second-order valence-electron chi connectivity index (χ2n) is 6.03. The summed E-state index contributed by atoms with van der Waals surface area (Å²) in [6.07, 6.45) is 3.12. The van der Waals surface area contributed by atoms with E-state index in [1.54, 1.807) is 4.90 Å². The van der Waals surface area contributed by atoms with Crippen LogP contribution in [0.1, 0.15) is 32.3 Å². The molecule has 23 heavy (non-hydrogen) atoms. The SMILES string of the molecule is CCc1ccc(OCC(=O)OCC(=O)N2CCCC(C)C2)cc1. The Labute approximate surface area is 137 Å². The highest BCUT2D eigenvalue weighted by molar-refractivity contribution is 5.81. The summed E-state index contributed by atoms with van der Waals surface area (Å²) in [6.45, 7) is 5.31. The van der Waals surface area contributed by atoms with Gasteiger partial charge in [-0.1, -0.05) is 26.0 Å². The van der Waals surface area contributed by atoms with E-state index in [0.29, 0.717) is 11.7 Å². The zero-order valence-corrected chi connectivity index (χ0v) is 13.9. The van der Waals surface area contributed by atoms with Crippen LogP contribution in [-0.4, -0.2) is 43.1 Å². The van der Waals surface area contributed by atoms with E-state index in [1.807, 2.05) is 24.3 Å². The molecule has 0 bridgehead atoms. The minimum atomic E-state index is -0.525. The van der Waals surface area contributed by atoms with Crippen LogP contribution in [0.5, 0.6) is 5.75 Å². The van der Waals surface area contributed by atoms with Crippen LogP contribution in [0.3, 0.4) is 0 Å². The van der Waals surface area contributed by atoms with Gasteiger partial charge in [0, 0.05) is 13.1 Å². The van der Waals surface area contributed by atoms with Gasteiger partial charge in [-0.15, -0.1) is 0 Å². The van der Waals surface area contributed by atoms with Gasteiger partial charge >= 0.3 is 5.97 Å². The largest absolute Gasteiger partial charge is 0.482 e. The molecule has 0 saturated carbocycles. The number of rotatable bonds is 6. The summed E-state index contributed by atoms with van der Waals surface area (Å²) in [7, 11) is 0. The molecule has 0 spiro atoms. The minimum absolute atomic E-state index is 0.128. The van der Waals surface area contributed by atoms with Crippen molar-refractivity contribution in [3.63, 3.8) is 0 Å². The van der Waals surface area contributed by atoms with Gasteiger partial charge < -0.3 is 14.4 Å². The van der Waals surface area contributed by atoms with E-state index in [0.717, 1.165) is 32.4 Å². The zero-order valence-electron chi connectivity index (χ0n) is 13.9. The summed E-state index contributed by atoms with van der Waals surface area (Å²) in [6, 6.07) is 7.57. The molecule has 2 rings (SSSR count). The van der Waals surface area contributed by atoms with Gasteiger partial charge in [0.25, 0.3) is 5.91 Å². The lowest BCUT2D eigenvalue weighted by molar-refractivity contribution is -0.154. The number of benzene rings is 1. The van der Waals surface area contributed by atoms with E-state index in [4.69, 9.17) is 9.47 Å². The number of piperidine rings is 1. The van der Waals surface area contributed by atoms with E-state index in [2.05, 4.69) is 13.8 Å². The highest BCUT2D eigenvalue weighted by atomic mass is 16.6. The fraction of sp³-hybridized carbons (Fsp3) is 0.556. The molecule has 0 radical (unpaired) electrons. The fourth-order valence-electron chi connectivity index (χ4n) is 2.65. The van der Waals surface area contributed by atoms with Gasteiger partial charge in [0.2, 0.25) is 0 Å². The molecule has 1 amide bonds. The second-order valence-corrected chi connectivity index (χ2v) is 6.03. The van der Waals surface area contributed by atoms with Gasteiger partial charge in [0.05, 0.1) is 0 Å². The molecule has 0 N–H and O–H groups in total. The summed E-state index contributed by atoms with van der Waals surface area (Å²) in [5, 5.41) is 0. The summed E-state index contributed by atoms with van der Waals surface area (Å²) >= 11 is 0. The zero-order chi connectivity index (χ0) is 16.7. The van der Waals surface area contributed by atoms with Gasteiger partial charge in [-0.25, -0.2) is 4.79 Å². The van der Waals surface area contributed by atoms with E-state index < -0.39 is 5.97 Å². The Kier molecular flexibility index (Phi) is 6.44. The standard InChI is InChI=1S/C18H25NO4/c1-3-15-6-8-16(9-7-15)22-13-18(21)23-12-17(20)19-10-4-5-14(2)11-19/h6-9,14H,3-5,10-13H2,1-2H3. The van der Waals surface area contributed by atoms with Crippen molar-refractivity contribution in [2.45, 2.75) is 33.1 Å². The van der Waals surface area contributed by atoms with Crippen molar-refractivity contribution >= 4 is 11.9 Å². The van der Waals surface area contributed by atoms with Crippen molar-refractivity contribution in [3.05, 3.63) is 29.8 Å². The molecular weight excluding hydrogens is 294 g/mol. The first kappa shape index (κ1) is 17.3. The van der Waals surface area contributed by atoms with E-state index in [-0.39, 0.29) is 19.1 Å². The molecule has 5 heteroatoms. The lowest BCUT2D eigenvalue weighted by Gasteiger charge is -2.30. The molecule has 1 saturated heterocycles. The second kappa shape index (κ2) is 8.56. The number of likely N-dealkylation sites (tertiary alicyclic amines) is 1. The van der Waals surface area contributed by atoms with Gasteiger partial charge in [-0.05, 0) is 42.9 Å². The van der Waals surface area contributed by atoms with E-state index in [1.165, 1.54) is 5.56 Å². The summed E-state index contributed by atoms with van der Waals surface area (Å²) in [4.78, 5) is 25.4. The number of carbonyl (C=O) groups excluding carboxylic acids is 2. The van der Waals surface area contributed by atoms with Crippen LogP contribution in [0.15, 0.2) is 24.3 Å². The molecule has 0 aromatic heterocycles. The maximum atomic E-state index is 12.0. The minimum Gasteiger partial charge on any atom is -0.482 e. The molecule has 1 aliphatic heterocycles. The summed E-state index contributed by atoms with van der Waals surface area (Å²) < 4.78 is 10.4. The summed E-state index contributed by atoms with van der Waals surface area (Å²) in [5.74, 6) is 0.480. The van der Waals surface area contributed by atoms with Crippen molar-refractivity contribution < 1.29 is 19.1 Å². The molecule has 5 nitrogen and oxygen atoms in total. The average molecular weight is 319 g/mol. The first-order chi connectivity index (χ1) is 11.1. The normalized spacial score (nSPS) is 17.7. The van der Waals surface area contributed by atoms with Crippen molar-refractivity contribution in [2.75, 3.05) is 26.3 Å². The van der Waals surface area contributed by atoms with Crippen LogP contribution in [-0.2, 0) is 20.7 Å². The molecule has 1 aromatic carbocycles. The Morgan fingerprint density at radius 3 is 2.61 bits per heavy atom. The van der Waals surface area contributed by atoms with Crippen molar-refractivity contribution in [1.82, 2.24) is 4.90 Å². The third-order valence-corrected chi connectivity index (χ3v) is 4.05. The predicted octanol–water partition coefficient (Wildman–Crippen LogP) is 2.43. The van der Waals surface area contributed by atoms with Crippen molar-refractivity contribution in [1.29, 1.82) is 0 Å². The Morgan fingerprint density at radius 2 is 1.96 bits per heavy atom. The van der Waals surface area contributed by atoms with Crippen LogP contribution in [0.4, 0.5) is 0 Å². The molecular formula is C18H25NO4. The number of aryl methyl sites for hydroxylation is 1. The quantitative estimate of drug-likeness (QED) is 0.756. The fourth-order valence-corrected chi connectivity index (χ4v) is 2.65. The first-order valence-corrected chi connectivity index (χ1v) is 8.23. The molecule has 1 unspecified atom stereocenters. The van der Waals surface area contributed by atoms with Crippen LogP contribution < -0.4 is 4.74 Å². The molecule has 1 aromatic rings. The number of nitrogens with zero attached hydrogens (tertiary/aromatic N) is 1.